The summed E-state index contributed by atoms with van der Waals surface area (Å²) in [6.07, 6.45) is 13.5. The van der Waals surface area contributed by atoms with Gasteiger partial charge in [0.1, 0.15) is 0 Å². The summed E-state index contributed by atoms with van der Waals surface area (Å²) in [5.41, 5.74) is 4.86. The first-order chi connectivity index (χ1) is 18.9. The number of amides is 1. The zero-order chi connectivity index (χ0) is 27.1. The van der Waals surface area contributed by atoms with Gasteiger partial charge in [0.15, 0.2) is 12.3 Å². The second-order valence-corrected chi connectivity index (χ2v) is 11.9. The first-order valence-electron chi connectivity index (χ1n) is 14.4. The van der Waals surface area contributed by atoms with Crippen LogP contribution in [-0.4, -0.2) is 61.9 Å². The van der Waals surface area contributed by atoms with Crippen molar-refractivity contribution in [2.75, 3.05) is 6.61 Å². The smallest absolute Gasteiger partial charge is 0.360 e. The van der Waals surface area contributed by atoms with Crippen molar-refractivity contribution in [3.05, 3.63) is 40.3 Å². The number of aromatic nitrogens is 2. The second-order valence-electron chi connectivity index (χ2n) is 11.9. The molecule has 1 amide bonds. The van der Waals surface area contributed by atoms with Gasteiger partial charge in [-0.1, -0.05) is 43.0 Å². The molecule has 2 aromatic rings. The van der Waals surface area contributed by atoms with E-state index in [4.69, 9.17) is 10.6 Å². The predicted octanol–water partition coefficient (Wildman–Crippen LogP) is 3.21. The fourth-order valence-corrected chi connectivity index (χ4v) is 8.12. The second kappa shape index (κ2) is 10.7. The number of carboxylic acid groups (broad SMARTS) is 1. The van der Waals surface area contributed by atoms with Gasteiger partial charge in [-0.25, -0.2) is 9.78 Å². The highest BCUT2D eigenvalue weighted by atomic mass is 16.6. The number of benzene rings is 1. The van der Waals surface area contributed by atoms with Crippen molar-refractivity contribution in [1.82, 2.24) is 14.5 Å². The zero-order valence-corrected chi connectivity index (χ0v) is 22.2. The molecule has 4 aliphatic rings. The minimum atomic E-state index is -1.46. The number of aliphatic carboxylic acids is 1. The van der Waals surface area contributed by atoms with E-state index >= 15 is 0 Å². The van der Waals surface area contributed by atoms with Crippen LogP contribution in [0, 0.1) is 11.8 Å². The summed E-state index contributed by atoms with van der Waals surface area (Å²) in [6, 6.07) is 8.74. The van der Waals surface area contributed by atoms with Gasteiger partial charge >= 0.3 is 5.97 Å². The van der Waals surface area contributed by atoms with Crippen LogP contribution < -0.4 is 11.3 Å². The molecule has 1 aromatic carbocycles. The molecule has 39 heavy (non-hydrogen) atoms. The van der Waals surface area contributed by atoms with Crippen LogP contribution >= 0.6 is 0 Å². The molecule has 2 saturated heterocycles. The van der Waals surface area contributed by atoms with Gasteiger partial charge in [-0.05, 0) is 68.9 Å². The molecule has 6 rings (SSSR count). The lowest BCUT2D eigenvalue weighted by Gasteiger charge is -2.48. The minimum absolute atomic E-state index is 0.0645. The number of nitrogens with zero attached hydrogens (tertiary/aromatic N) is 4. The van der Waals surface area contributed by atoms with Crippen LogP contribution in [0.25, 0.3) is 11.0 Å². The van der Waals surface area contributed by atoms with Gasteiger partial charge < -0.3 is 20.2 Å². The van der Waals surface area contributed by atoms with E-state index in [1.54, 1.807) is 10.6 Å². The maximum absolute atomic E-state index is 13.9. The zero-order valence-electron chi connectivity index (χ0n) is 22.2. The van der Waals surface area contributed by atoms with E-state index < -0.39 is 29.8 Å². The van der Waals surface area contributed by atoms with E-state index in [2.05, 4.69) is 15.0 Å². The normalized spacial score (nSPS) is 31.1. The standard InChI is InChI=1S/C29H37N5O5/c30-25(35)16-39-32-27(29(37)38)26-28(36)34(24-8-4-3-7-23(24)31-26)22-14-19-9-10-20(15-22)33(19)21-12-17-5-1-2-6-18(11-17)13-21/h3-4,7-8,17-22H,1-2,5-6,9-16H2,(H2,30,35)(H,37,38)/b32-27-/t17?,18?,19-,20+,21?,22?. The van der Waals surface area contributed by atoms with E-state index in [-0.39, 0.29) is 11.7 Å². The lowest BCUT2D eigenvalue weighted by molar-refractivity contribution is -0.130. The third-order valence-electron chi connectivity index (χ3n) is 9.49. The van der Waals surface area contributed by atoms with E-state index in [0.717, 1.165) is 37.5 Å². The Balaban J connectivity index is 1.33. The van der Waals surface area contributed by atoms with Gasteiger partial charge in [-0.2, -0.15) is 0 Å². The van der Waals surface area contributed by atoms with Crippen LogP contribution in [-0.2, 0) is 14.4 Å². The number of carbonyl (C=O) groups is 2. The van der Waals surface area contributed by atoms with Gasteiger partial charge in [0.05, 0.1) is 11.0 Å². The highest BCUT2D eigenvalue weighted by molar-refractivity contribution is 6.41. The fraction of sp³-hybridized carbons (Fsp3) is 0.621. The number of hydrogen-bond acceptors (Lipinski definition) is 7. The molecular weight excluding hydrogens is 498 g/mol. The summed E-state index contributed by atoms with van der Waals surface area (Å²) in [5.74, 6) is -0.548. The van der Waals surface area contributed by atoms with Crippen LogP contribution in [0.1, 0.15) is 82.4 Å². The molecule has 1 aromatic heterocycles. The van der Waals surface area contributed by atoms with Crippen molar-refractivity contribution in [3.8, 4) is 0 Å². The molecule has 4 fully saturated rings. The molecule has 2 saturated carbocycles. The van der Waals surface area contributed by atoms with E-state index in [0.29, 0.717) is 29.2 Å². The number of para-hydroxylation sites is 2. The molecule has 2 aliphatic carbocycles. The first kappa shape index (κ1) is 26.0. The maximum atomic E-state index is 13.9. The predicted molar refractivity (Wildman–Crippen MR) is 145 cm³/mol. The lowest BCUT2D eigenvalue weighted by atomic mass is 9.76. The van der Waals surface area contributed by atoms with Crippen LogP contribution in [0.3, 0.4) is 0 Å². The van der Waals surface area contributed by atoms with Gasteiger partial charge in [0.25, 0.3) is 11.5 Å². The molecule has 2 aliphatic heterocycles. The van der Waals surface area contributed by atoms with Crippen molar-refractivity contribution in [2.24, 2.45) is 22.7 Å². The molecule has 208 valence electrons. The van der Waals surface area contributed by atoms with Crippen molar-refractivity contribution < 1.29 is 19.5 Å². The molecule has 5 atom stereocenters. The third kappa shape index (κ3) is 5.06. The van der Waals surface area contributed by atoms with Crippen LogP contribution in [0.5, 0.6) is 0 Å². The number of oxime groups is 1. The summed E-state index contributed by atoms with van der Waals surface area (Å²) in [7, 11) is 0. The Bertz CT molecular complexity index is 1330. The number of rotatable bonds is 7. The average molecular weight is 536 g/mol. The quantitative estimate of drug-likeness (QED) is 0.410. The minimum Gasteiger partial charge on any atom is -0.476 e. The van der Waals surface area contributed by atoms with Gasteiger partial charge in [0, 0.05) is 24.2 Å². The topological polar surface area (TPSA) is 140 Å². The Morgan fingerprint density at radius 3 is 2.26 bits per heavy atom. The van der Waals surface area contributed by atoms with Crippen LogP contribution in [0.4, 0.5) is 0 Å². The summed E-state index contributed by atoms with van der Waals surface area (Å²) >= 11 is 0. The largest absolute Gasteiger partial charge is 0.476 e. The summed E-state index contributed by atoms with van der Waals surface area (Å²) in [5, 5.41) is 13.4. The van der Waals surface area contributed by atoms with Crippen molar-refractivity contribution in [3.63, 3.8) is 0 Å². The number of carbonyl (C=O) groups excluding carboxylic acids is 1. The SMILES string of the molecule is NC(=O)CO/N=C(\C(=O)O)c1nc2ccccc2n(C2C[C@H]3CC[C@@H](C2)N3C2CC3CCCCC(C3)C2)c1=O. The highest BCUT2D eigenvalue weighted by Gasteiger charge is 2.47. The van der Waals surface area contributed by atoms with Crippen molar-refractivity contribution in [2.45, 2.75) is 94.8 Å². The molecule has 4 bridgehead atoms. The van der Waals surface area contributed by atoms with Crippen LogP contribution in [0.2, 0.25) is 0 Å². The van der Waals surface area contributed by atoms with Gasteiger partial charge in [-0.15, -0.1) is 0 Å². The third-order valence-corrected chi connectivity index (χ3v) is 9.49. The van der Waals surface area contributed by atoms with E-state index in [1.165, 1.54) is 44.9 Å². The Labute approximate surface area is 227 Å². The lowest BCUT2D eigenvalue weighted by Crippen LogP contribution is -2.52. The number of primary amides is 1. The molecule has 3 heterocycles. The van der Waals surface area contributed by atoms with Gasteiger partial charge in [-0.3, -0.25) is 14.5 Å². The molecule has 3 N–H and O–H groups in total. The van der Waals surface area contributed by atoms with Crippen molar-refractivity contribution >= 4 is 28.6 Å². The molecular formula is C29H37N5O5. The monoisotopic (exact) mass is 535 g/mol. The Morgan fingerprint density at radius 1 is 0.949 bits per heavy atom. The Kier molecular flexibility index (Phi) is 7.14. The number of hydrogen-bond donors (Lipinski definition) is 2. The van der Waals surface area contributed by atoms with Crippen molar-refractivity contribution in [1.29, 1.82) is 0 Å². The maximum Gasteiger partial charge on any atom is 0.360 e. The summed E-state index contributed by atoms with van der Waals surface area (Å²) in [6.45, 7) is -0.594. The number of piperidine rings is 1. The number of carboxylic acids is 1. The van der Waals surface area contributed by atoms with Crippen LogP contribution in [0.15, 0.2) is 34.2 Å². The first-order valence-corrected chi connectivity index (χ1v) is 14.4. The molecule has 10 heteroatoms. The van der Waals surface area contributed by atoms with Gasteiger partial charge in [0.2, 0.25) is 5.71 Å². The van der Waals surface area contributed by atoms with E-state index in [1.807, 2.05) is 18.2 Å². The fourth-order valence-electron chi connectivity index (χ4n) is 8.12. The summed E-state index contributed by atoms with van der Waals surface area (Å²) < 4.78 is 1.74. The molecule has 0 radical (unpaired) electrons. The molecule has 3 unspecified atom stereocenters. The average Bonchev–Trinajstić information content (AvgIpc) is 3.06. The number of fused-ring (bicyclic) bond motifs is 5. The van der Waals surface area contributed by atoms with E-state index in [9.17, 15) is 19.5 Å². The highest BCUT2D eigenvalue weighted by Crippen LogP contribution is 2.47. The Morgan fingerprint density at radius 2 is 1.62 bits per heavy atom. The molecule has 0 spiro atoms. The molecule has 10 nitrogen and oxygen atoms in total. The summed E-state index contributed by atoms with van der Waals surface area (Å²) in [4.78, 5) is 49.1. The number of nitrogens with two attached hydrogens (primary N) is 1. The Hall–Kier alpha value is -3.27.